The van der Waals surface area contributed by atoms with Gasteiger partial charge >= 0.3 is 0 Å². The van der Waals surface area contributed by atoms with Gasteiger partial charge in [-0.1, -0.05) is 0 Å². The first kappa shape index (κ1) is 13.5. The fourth-order valence-corrected chi connectivity index (χ4v) is 1.84. The Morgan fingerprint density at radius 2 is 1.94 bits per heavy atom. The van der Waals surface area contributed by atoms with Crippen molar-refractivity contribution in [1.82, 2.24) is 9.97 Å². The average Bonchev–Trinajstić information content (AvgIpc) is 3.08. The lowest BCUT2D eigenvalue weighted by Crippen LogP contribution is -2.15. The van der Waals surface area contributed by atoms with Gasteiger partial charge in [0.1, 0.15) is 16.4 Å². The number of nitrogens with zero attached hydrogens (tertiary/aromatic N) is 2. The van der Waals surface area contributed by atoms with Crippen LogP contribution >= 0.6 is 11.6 Å². The molecule has 1 aromatic heterocycles. The smallest absolute Gasteiger partial charge is 0.201 e. The van der Waals surface area contributed by atoms with E-state index in [9.17, 15) is 0 Å². The Labute approximate surface area is 112 Å². The Bertz CT molecular complexity index is 418. The highest BCUT2D eigenvalue weighted by Crippen LogP contribution is 2.50. The maximum absolute atomic E-state index is 6.31. The van der Waals surface area contributed by atoms with Crippen molar-refractivity contribution in [3.63, 3.8) is 0 Å². The van der Waals surface area contributed by atoms with E-state index in [1.54, 1.807) is 6.07 Å². The van der Waals surface area contributed by atoms with Crippen LogP contribution in [0, 0.1) is 0 Å². The Balaban J connectivity index is 2.28. The molecular formula is C12H18ClN3O2. The summed E-state index contributed by atoms with van der Waals surface area (Å²) >= 11 is 6.31. The van der Waals surface area contributed by atoms with E-state index < -0.39 is 11.2 Å². The van der Waals surface area contributed by atoms with Crippen LogP contribution in [0.25, 0.3) is 0 Å². The number of rotatable bonds is 6. The van der Waals surface area contributed by atoms with Gasteiger partial charge in [0, 0.05) is 19.3 Å². The minimum Gasteiger partial charge on any atom is -0.384 e. The molecular weight excluding hydrogens is 254 g/mol. The molecule has 0 spiro atoms. The van der Waals surface area contributed by atoms with Crippen LogP contribution in [0.1, 0.15) is 44.5 Å². The van der Waals surface area contributed by atoms with Crippen molar-refractivity contribution in [3.8, 4) is 0 Å². The SMILES string of the molecule is CCOC(OCC)c1cc(N)nc(C2(Cl)CC2)n1. The molecule has 1 fully saturated rings. The van der Waals surface area contributed by atoms with Gasteiger partial charge in [0.15, 0.2) is 5.82 Å². The first-order chi connectivity index (χ1) is 8.59. The van der Waals surface area contributed by atoms with Crippen LogP contribution in [0.3, 0.4) is 0 Å². The zero-order chi connectivity index (χ0) is 13.2. The van der Waals surface area contributed by atoms with Gasteiger partial charge in [-0.15, -0.1) is 11.6 Å². The maximum Gasteiger partial charge on any atom is 0.201 e. The molecule has 5 nitrogen and oxygen atoms in total. The van der Waals surface area contributed by atoms with Crippen molar-refractivity contribution in [2.24, 2.45) is 0 Å². The van der Waals surface area contributed by atoms with Crippen LogP contribution < -0.4 is 5.73 Å². The van der Waals surface area contributed by atoms with E-state index in [4.69, 9.17) is 26.8 Å². The van der Waals surface area contributed by atoms with Gasteiger partial charge in [0.25, 0.3) is 0 Å². The molecule has 0 amide bonds. The van der Waals surface area contributed by atoms with Crippen LogP contribution in [0.2, 0.25) is 0 Å². The molecule has 1 heterocycles. The number of ether oxygens (including phenoxy) is 2. The lowest BCUT2D eigenvalue weighted by Gasteiger charge is -2.18. The Hall–Kier alpha value is -0.910. The summed E-state index contributed by atoms with van der Waals surface area (Å²) in [5.74, 6) is 0.968. The van der Waals surface area contributed by atoms with Crippen LogP contribution in [0.15, 0.2) is 6.07 Å². The van der Waals surface area contributed by atoms with E-state index in [0.717, 1.165) is 12.8 Å². The molecule has 0 atom stereocenters. The fraction of sp³-hybridized carbons (Fsp3) is 0.667. The minimum atomic E-state index is -0.511. The number of nitrogen functional groups attached to an aromatic ring is 1. The molecule has 18 heavy (non-hydrogen) atoms. The van der Waals surface area contributed by atoms with Gasteiger partial charge in [0.05, 0.1) is 0 Å². The zero-order valence-electron chi connectivity index (χ0n) is 10.6. The summed E-state index contributed by atoms with van der Waals surface area (Å²) in [7, 11) is 0. The molecule has 0 aromatic carbocycles. The molecule has 0 radical (unpaired) electrons. The van der Waals surface area contributed by atoms with E-state index in [-0.39, 0.29) is 0 Å². The van der Waals surface area contributed by atoms with Gasteiger partial charge in [-0.2, -0.15) is 0 Å². The van der Waals surface area contributed by atoms with Crippen LogP contribution in [-0.4, -0.2) is 23.2 Å². The summed E-state index contributed by atoms with van der Waals surface area (Å²) in [4.78, 5) is 8.19. The van der Waals surface area contributed by atoms with Crippen molar-refractivity contribution < 1.29 is 9.47 Å². The topological polar surface area (TPSA) is 70.3 Å². The molecule has 2 N–H and O–H groups in total. The molecule has 0 aliphatic heterocycles. The van der Waals surface area contributed by atoms with Gasteiger partial charge < -0.3 is 15.2 Å². The highest BCUT2D eigenvalue weighted by atomic mass is 35.5. The highest BCUT2D eigenvalue weighted by molar-refractivity contribution is 6.25. The normalized spacial score (nSPS) is 17.1. The third-order valence-electron chi connectivity index (χ3n) is 2.73. The third kappa shape index (κ3) is 2.91. The largest absolute Gasteiger partial charge is 0.384 e. The first-order valence-corrected chi connectivity index (χ1v) is 6.54. The second-order valence-corrected chi connectivity index (χ2v) is 4.97. The number of nitrogens with two attached hydrogens (primary N) is 1. The van der Waals surface area contributed by atoms with Crippen molar-refractivity contribution in [2.75, 3.05) is 18.9 Å². The van der Waals surface area contributed by atoms with Crippen molar-refractivity contribution in [1.29, 1.82) is 0 Å². The van der Waals surface area contributed by atoms with Crippen LogP contribution in [-0.2, 0) is 14.3 Å². The lowest BCUT2D eigenvalue weighted by atomic mass is 10.3. The Kier molecular flexibility index (Phi) is 4.04. The molecule has 1 aliphatic rings. The highest BCUT2D eigenvalue weighted by Gasteiger charge is 2.45. The standard InChI is InChI=1S/C12H18ClN3O2/c1-3-17-10(18-4-2)8-7-9(14)16-11(15-8)12(13)5-6-12/h7,10H,3-6H2,1-2H3,(H2,14,15,16). The summed E-state index contributed by atoms with van der Waals surface area (Å²) in [5.41, 5.74) is 6.43. The second-order valence-electron chi connectivity index (χ2n) is 4.25. The van der Waals surface area contributed by atoms with Crippen LogP contribution in [0.4, 0.5) is 5.82 Å². The maximum atomic E-state index is 6.31. The number of alkyl halides is 1. The summed E-state index contributed by atoms with van der Waals surface area (Å²) in [6.45, 7) is 4.88. The van der Waals surface area contributed by atoms with Crippen molar-refractivity contribution >= 4 is 17.4 Å². The molecule has 1 aromatic rings. The summed E-state index contributed by atoms with van der Waals surface area (Å²) < 4.78 is 11.0. The lowest BCUT2D eigenvalue weighted by molar-refractivity contribution is -0.142. The zero-order valence-corrected chi connectivity index (χ0v) is 11.4. The number of aromatic nitrogens is 2. The average molecular weight is 272 g/mol. The molecule has 0 saturated heterocycles. The van der Waals surface area contributed by atoms with E-state index in [0.29, 0.717) is 30.5 Å². The Morgan fingerprint density at radius 3 is 2.44 bits per heavy atom. The molecule has 2 rings (SSSR count). The number of halogens is 1. The Morgan fingerprint density at radius 1 is 1.33 bits per heavy atom. The summed E-state index contributed by atoms with van der Waals surface area (Å²) in [6, 6.07) is 1.67. The van der Waals surface area contributed by atoms with Crippen LogP contribution in [0.5, 0.6) is 0 Å². The molecule has 0 unspecified atom stereocenters. The van der Waals surface area contributed by atoms with E-state index in [1.807, 2.05) is 13.8 Å². The molecule has 100 valence electrons. The second kappa shape index (κ2) is 5.38. The van der Waals surface area contributed by atoms with Crippen molar-refractivity contribution in [2.45, 2.75) is 37.9 Å². The molecule has 1 saturated carbocycles. The number of hydrogen-bond donors (Lipinski definition) is 1. The van der Waals surface area contributed by atoms with Crippen molar-refractivity contribution in [3.05, 3.63) is 17.6 Å². The summed E-state index contributed by atoms with van der Waals surface area (Å²) in [6.07, 6.45) is 1.25. The number of anilines is 1. The first-order valence-electron chi connectivity index (χ1n) is 6.16. The molecule has 6 heteroatoms. The summed E-state index contributed by atoms with van der Waals surface area (Å²) in [5, 5.41) is 0. The quantitative estimate of drug-likeness (QED) is 0.635. The van der Waals surface area contributed by atoms with Gasteiger partial charge in [-0.25, -0.2) is 9.97 Å². The monoisotopic (exact) mass is 271 g/mol. The van der Waals surface area contributed by atoms with E-state index in [2.05, 4.69) is 9.97 Å². The molecule has 1 aliphatic carbocycles. The third-order valence-corrected chi connectivity index (χ3v) is 3.28. The predicted molar refractivity (Wildman–Crippen MR) is 69.2 cm³/mol. The van der Waals surface area contributed by atoms with E-state index in [1.165, 1.54) is 0 Å². The van der Waals surface area contributed by atoms with Gasteiger partial charge in [-0.05, 0) is 26.7 Å². The fourth-order valence-electron chi connectivity index (χ4n) is 1.66. The number of hydrogen-bond acceptors (Lipinski definition) is 5. The minimum absolute atomic E-state index is 0.395. The van der Waals surface area contributed by atoms with E-state index >= 15 is 0 Å². The van der Waals surface area contributed by atoms with Gasteiger partial charge in [0.2, 0.25) is 6.29 Å². The van der Waals surface area contributed by atoms with Gasteiger partial charge in [-0.3, -0.25) is 0 Å². The predicted octanol–water partition coefficient (Wildman–Crippen LogP) is 2.36. The molecule has 0 bridgehead atoms.